The third-order valence-corrected chi connectivity index (χ3v) is 2.13. The number of carboxylic acid groups (broad SMARTS) is 1. The van der Waals surface area contributed by atoms with Crippen LogP contribution in [-0.4, -0.2) is 40.8 Å². The smallest absolute Gasteiger partial charge is 0.407 e. The molecule has 17 heavy (non-hydrogen) atoms. The van der Waals surface area contributed by atoms with Crippen molar-refractivity contribution >= 4 is 11.8 Å². The number of nitrogens with two attached hydrogens (primary N) is 1. The van der Waals surface area contributed by atoms with E-state index in [0.717, 1.165) is 6.42 Å². The lowest BCUT2D eigenvalue weighted by molar-refractivity contribution is 0.134. The van der Waals surface area contributed by atoms with Gasteiger partial charge in [0.05, 0.1) is 18.4 Å². The predicted molar refractivity (Wildman–Crippen MR) is 64.0 cm³/mol. The van der Waals surface area contributed by atoms with Crippen LogP contribution in [0.2, 0.25) is 0 Å². The molecule has 6 nitrogen and oxygen atoms in total. The number of rotatable bonds is 6. The number of nitrogen functional groups attached to an aromatic ring is 1. The molecule has 0 aliphatic carbocycles. The van der Waals surface area contributed by atoms with Crippen LogP contribution in [0.3, 0.4) is 0 Å². The largest absolute Gasteiger partial charge is 0.476 e. The second kappa shape index (κ2) is 6.57. The fourth-order valence-electron chi connectivity index (χ4n) is 1.31. The molecular formula is C11H17N3O3. The minimum Gasteiger partial charge on any atom is -0.476 e. The molecule has 0 aliphatic heterocycles. The third-order valence-electron chi connectivity index (χ3n) is 2.13. The standard InChI is InChI=1S/C11H17N3O3/c1-2-5-14(11(15)16)6-7-17-10-4-3-9(12)8-13-10/h3-4,8H,2,5-7,12H2,1H3,(H,15,16). The quantitative estimate of drug-likeness (QED) is 0.784. The van der Waals surface area contributed by atoms with Crippen LogP contribution in [0.4, 0.5) is 10.5 Å². The summed E-state index contributed by atoms with van der Waals surface area (Å²) in [4.78, 5) is 16.1. The Morgan fingerprint density at radius 1 is 1.53 bits per heavy atom. The highest BCUT2D eigenvalue weighted by Gasteiger charge is 2.09. The van der Waals surface area contributed by atoms with Crippen LogP contribution in [0, 0.1) is 0 Å². The fourth-order valence-corrected chi connectivity index (χ4v) is 1.31. The summed E-state index contributed by atoms with van der Waals surface area (Å²) in [5.41, 5.74) is 6.04. The maximum absolute atomic E-state index is 10.8. The lowest BCUT2D eigenvalue weighted by Crippen LogP contribution is -2.34. The molecule has 1 rings (SSSR count). The van der Waals surface area contributed by atoms with Crippen molar-refractivity contribution in [2.45, 2.75) is 13.3 Å². The van der Waals surface area contributed by atoms with Gasteiger partial charge in [-0.1, -0.05) is 6.92 Å². The second-order valence-corrected chi connectivity index (χ2v) is 3.55. The maximum atomic E-state index is 10.8. The molecule has 94 valence electrons. The highest BCUT2D eigenvalue weighted by molar-refractivity contribution is 5.64. The van der Waals surface area contributed by atoms with E-state index >= 15 is 0 Å². The van der Waals surface area contributed by atoms with E-state index in [1.54, 1.807) is 12.1 Å². The molecule has 1 amide bonds. The molecule has 0 saturated carbocycles. The van der Waals surface area contributed by atoms with E-state index in [0.29, 0.717) is 24.7 Å². The minimum absolute atomic E-state index is 0.281. The van der Waals surface area contributed by atoms with Crippen molar-refractivity contribution in [3.63, 3.8) is 0 Å². The van der Waals surface area contributed by atoms with Gasteiger partial charge in [0.15, 0.2) is 0 Å². The van der Waals surface area contributed by atoms with Crippen LogP contribution in [0.15, 0.2) is 18.3 Å². The summed E-state index contributed by atoms with van der Waals surface area (Å²) >= 11 is 0. The molecule has 0 aromatic carbocycles. The number of ether oxygens (including phenoxy) is 1. The molecule has 6 heteroatoms. The molecular weight excluding hydrogens is 222 g/mol. The highest BCUT2D eigenvalue weighted by Crippen LogP contribution is 2.08. The number of nitrogens with zero attached hydrogens (tertiary/aromatic N) is 2. The van der Waals surface area contributed by atoms with E-state index in [9.17, 15) is 4.79 Å². The first-order valence-electron chi connectivity index (χ1n) is 5.45. The van der Waals surface area contributed by atoms with Crippen LogP contribution in [-0.2, 0) is 0 Å². The molecule has 0 aliphatic rings. The van der Waals surface area contributed by atoms with Gasteiger partial charge in [-0.2, -0.15) is 0 Å². The first-order valence-corrected chi connectivity index (χ1v) is 5.45. The zero-order valence-electron chi connectivity index (χ0n) is 9.80. The van der Waals surface area contributed by atoms with E-state index in [4.69, 9.17) is 15.6 Å². The Morgan fingerprint density at radius 3 is 2.82 bits per heavy atom. The van der Waals surface area contributed by atoms with Gasteiger partial charge in [0.25, 0.3) is 0 Å². The summed E-state index contributed by atoms with van der Waals surface area (Å²) in [6.45, 7) is 3.05. The Bertz CT molecular complexity index is 353. The van der Waals surface area contributed by atoms with Gasteiger partial charge < -0.3 is 20.5 Å². The molecule has 0 spiro atoms. The molecule has 0 atom stereocenters. The molecule has 0 fully saturated rings. The van der Waals surface area contributed by atoms with Crippen molar-refractivity contribution < 1.29 is 14.6 Å². The van der Waals surface area contributed by atoms with Gasteiger partial charge in [-0.25, -0.2) is 9.78 Å². The monoisotopic (exact) mass is 239 g/mol. The van der Waals surface area contributed by atoms with Crippen LogP contribution in [0.25, 0.3) is 0 Å². The predicted octanol–water partition coefficient (Wildman–Crippen LogP) is 1.43. The number of hydrogen-bond donors (Lipinski definition) is 2. The van der Waals surface area contributed by atoms with E-state index in [2.05, 4.69) is 4.98 Å². The number of carbonyl (C=O) groups is 1. The van der Waals surface area contributed by atoms with Crippen LogP contribution in [0.1, 0.15) is 13.3 Å². The summed E-state index contributed by atoms with van der Waals surface area (Å²) in [7, 11) is 0. The first kappa shape index (κ1) is 13.1. The highest BCUT2D eigenvalue weighted by atomic mass is 16.5. The van der Waals surface area contributed by atoms with E-state index in [-0.39, 0.29) is 6.61 Å². The van der Waals surface area contributed by atoms with Crippen molar-refractivity contribution in [1.82, 2.24) is 9.88 Å². The zero-order valence-corrected chi connectivity index (χ0v) is 9.80. The van der Waals surface area contributed by atoms with Crippen molar-refractivity contribution in [2.75, 3.05) is 25.4 Å². The van der Waals surface area contributed by atoms with Gasteiger partial charge in [-0.15, -0.1) is 0 Å². The van der Waals surface area contributed by atoms with Crippen LogP contribution < -0.4 is 10.5 Å². The summed E-state index contributed by atoms with van der Waals surface area (Å²) in [5, 5.41) is 8.88. The third kappa shape index (κ3) is 4.58. The van der Waals surface area contributed by atoms with Crippen molar-refractivity contribution in [2.24, 2.45) is 0 Å². The number of pyridine rings is 1. The molecule has 0 unspecified atom stereocenters. The van der Waals surface area contributed by atoms with Crippen molar-refractivity contribution in [3.8, 4) is 5.88 Å². The Labute approximate surface area is 100 Å². The van der Waals surface area contributed by atoms with Gasteiger partial charge in [0, 0.05) is 12.6 Å². The normalized spacial score (nSPS) is 9.94. The average molecular weight is 239 g/mol. The van der Waals surface area contributed by atoms with Gasteiger partial charge in [0.2, 0.25) is 5.88 Å². The average Bonchev–Trinajstić information content (AvgIpc) is 2.30. The number of hydrogen-bond acceptors (Lipinski definition) is 4. The SMILES string of the molecule is CCCN(CCOc1ccc(N)cn1)C(=O)O. The number of aromatic nitrogens is 1. The lowest BCUT2D eigenvalue weighted by Gasteiger charge is -2.18. The van der Waals surface area contributed by atoms with Gasteiger partial charge in [-0.3, -0.25) is 0 Å². The van der Waals surface area contributed by atoms with Crippen molar-refractivity contribution in [1.29, 1.82) is 0 Å². The zero-order chi connectivity index (χ0) is 12.7. The second-order valence-electron chi connectivity index (χ2n) is 3.55. The van der Waals surface area contributed by atoms with E-state index < -0.39 is 6.09 Å². The molecule has 0 bridgehead atoms. The molecule has 1 aromatic heterocycles. The summed E-state index contributed by atoms with van der Waals surface area (Å²) in [6, 6.07) is 3.34. The maximum Gasteiger partial charge on any atom is 0.407 e. The summed E-state index contributed by atoms with van der Waals surface area (Å²) in [5.74, 6) is 0.445. The first-order chi connectivity index (χ1) is 8.13. The molecule has 1 heterocycles. The topological polar surface area (TPSA) is 88.7 Å². The van der Waals surface area contributed by atoms with Crippen LogP contribution in [0.5, 0.6) is 5.88 Å². The Hall–Kier alpha value is -1.98. The van der Waals surface area contributed by atoms with Gasteiger partial charge in [-0.05, 0) is 12.5 Å². The Morgan fingerprint density at radius 2 is 2.29 bits per heavy atom. The Balaban J connectivity index is 2.35. The molecule has 3 N–H and O–H groups in total. The van der Waals surface area contributed by atoms with Crippen LogP contribution >= 0.6 is 0 Å². The van der Waals surface area contributed by atoms with Gasteiger partial charge >= 0.3 is 6.09 Å². The minimum atomic E-state index is -0.930. The van der Waals surface area contributed by atoms with E-state index in [1.807, 2.05) is 6.92 Å². The van der Waals surface area contributed by atoms with E-state index in [1.165, 1.54) is 11.1 Å². The lowest BCUT2D eigenvalue weighted by atomic mass is 10.4. The Kier molecular flexibility index (Phi) is 5.06. The summed E-state index contributed by atoms with van der Waals surface area (Å²) in [6.07, 6.45) is 1.35. The number of anilines is 1. The van der Waals surface area contributed by atoms with Gasteiger partial charge in [0.1, 0.15) is 6.61 Å². The molecule has 0 radical (unpaired) electrons. The fraction of sp³-hybridized carbons (Fsp3) is 0.455. The summed E-state index contributed by atoms with van der Waals surface area (Å²) < 4.78 is 5.32. The van der Waals surface area contributed by atoms with Crippen molar-refractivity contribution in [3.05, 3.63) is 18.3 Å². The number of amides is 1. The molecule has 0 saturated heterocycles. The molecule has 1 aromatic rings.